The van der Waals surface area contributed by atoms with Crippen LogP contribution in [0.5, 0.6) is 0 Å². The zero-order valence-corrected chi connectivity index (χ0v) is 26.3. The third-order valence-corrected chi connectivity index (χ3v) is 9.76. The average molecular weight is 563 g/mol. The molecule has 0 radical (unpaired) electrons. The van der Waals surface area contributed by atoms with Crippen LogP contribution in [0, 0.1) is 11.8 Å². The summed E-state index contributed by atoms with van der Waals surface area (Å²) in [6, 6.07) is 0. The summed E-state index contributed by atoms with van der Waals surface area (Å²) < 4.78 is 6.44. The highest BCUT2D eigenvalue weighted by Gasteiger charge is 2.30. The molecule has 234 valence electrons. The molecule has 1 N–H and O–H groups in total. The summed E-state index contributed by atoms with van der Waals surface area (Å²) in [5.74, 6) is 0.0398. The summed E-state index contributed by atoms with van der Waals surface area (Å²) in [5, 5.41) is 8.82. The van der Waals surface area contributed by atoms with Crippen LogP contribution < -0.4 is 0 Å². The molecule has 1 atom stereocenters. The van der Waals surface area contributed by atoms with Crippen LogP contribution in [-0.2, 0) is 14.3 Å². The number of carboxylic acids is 1. The van der Waals surface area contributed by atoms with Crippen LogP contribution >= 0.6 is 0 Å². The quantitative estimate of drug-likeness (QED) is 0.179. The highest BCUT2D eigenvalue weighted by atomic mass is 16.5. The van der Waals surface area contributed by atoms with E-state index in [0.717, 1.165) is 44.9 Å². The Morgan fingerprint density at radius 2 is 0.900 bits per heavy atom. The lowest BCUT2D eigenvalue weighted by molar-refractivity contribution is -0.157. The minimum Gasteiger partial charge on any atom is -0.481 e. The summed E-state index contributed by atoms with van der Waals surface area (Å²) >= 11 is 0. The van der Waals surface area contributed by atoms with E-state index >= 15 is 0 Å². The minimum atomic E-state index is -0.680. The first-order chi connectivity index (χ1) is 19.7. The van der Waals surface area contributed by atoms with Crippen molar-refractivity contribution < 1.29 is 19.4 Å². The number of esters is 1. The van der Waals surface area contributed by atoms with Gasteiger partial charge in [-0.15, -0.1) is 0 Å². The summed E-state index contributed by atoms with van der Waals surface area (Å²) in [4.78, 5) is 24.6. The van der Waals surface area contributed by atoms with Crippen molar-refractivity contribution in [3.8, 4) is 0 Å². The van der Waals surface area contributed by atoms with Gasteiger partial charge in [0.05, 0.1) is 5.92 Å². The molecule has 0 aromatic carbocycles. The monoisotopic (exact) mass is 562 g/mol. The van der Waals surface area contributed by atoms with Gasteiger partial charge in [0.15, 0.2) is 0 Å². The molecule has 0 aliphatic heterocycles. The first-order valence-corrected chi connectivity index (χ1v) is 18.1. The second kappa shape index (κ2) is 24.5. The molecular formula is C36H66O4. The summed E-state index contributed by atoms with van der Waals surface area (Å²) in [6.07, 6.45) is 37.4. The molecular weight excluding hydrogens is 496 g/mol. The number of hydrogen-bond acceptors (Lipinski definition) is 3. The van der Waals surface area contributed by atoms with E-state index in [2.05, 4.69) is 0 Å². The minimum absolute atomic E-state index is 0.0832. The van der Waals surface area contributed by atoms with E-state index in [4.69, 9.17) is 9.84 Å². The fourth-order valence-corrected chi connectivity index (χ4v) is 7.16. The van der Waals surface area contributed by atoms with Crippen molar-refractivity contribution in [3.05, 3.63) is 0 Å². The first kappa shape index (κ1) is 35.1. The number of ether oxygens (including phenoxy) is 1. The molecule has 1 unspecified atom stereocenters. The van der Waals surface area contributed by atoms with E-state index in [1.54, 1.807) is 0 Å². The SMILES string of the molecule is O=C(O)CCCCCCCCCC(C(=O)OC1CCCCCCCCCCC1)C1CCCCCCCCCCC1. The van der Waals surface area contributed by atoms with Gasteiger partial charge in [0.2, 0.25) is 0 Å². The van der Waals surface area contributed by atoms with Gasteiger partial charge in [0.25, 0.3) is 0 Å². The lowest BCUT2D eigenvalue weighted by atomic mass is 9.80. The highest BCUT2D eigenvalue weighted by molar-refractivity contribution is 5.73. The Bertz CT molecular complexity index is 594. The Morgan fingerprint density at radius 3 is 1.35 bits per heavy atom. The maximum absolute atomic E-state index is 13.9. The maximum atomic E-state index is 13.9. The van der Waals surface area contributed by atoms with Crippen LogP contribution in [0.3, 0.4) is 0 Å². The van der Waals surface area contributed by atoms with Crippen molar-refractivity contribution >= 4 is 11.9 Å². The fraction of sp³-hybridized carbons (Fsp3) is 0.944. The third kappa shape index (κ3) is 18.4. The molecule has 0 saturated heterocycles. The smallest absolute Gasteiger partial charge is 0.309 e. The number of carbonyl (C=O) groups is 2. The van der Waals surface area contributed by atoms with Crippen LogP contribution in [-0.4, -0.2) is 23.1 Å². The molecule has 2 aliphatic carbocycles. The topological polar surface area (TPSA) is 63.6 Å². The molecule has 2 saturated carbocycles. The predicted octanol–water partition coefficient (Wildman–Crippen LogP) is 11.3. The molecule has 0 amide bonds. The van der Waals surface area contributed by atoms with E-state index in [-0.39, 0.29) is 18.0 Å². The molecule has 0 aromatic rings. The molecule has 2 rings (SSSR count). The van der Waals surface area contributed by atoms with E-state index in [0.29, 0.717) is 12.3 Å². The average Bonchev–Trinajstić information content (AvgIpc) is 2.92. The Morgan fingerprint density at radius 1 is 0.525 bits per heavy atom. The van der Waals surface area contributed by atoms with Gasteiger partial charge < -0.3 is 9.84 Å². The number of hydrogen-bond donors (Lipinski definition) is 1. The lowest BCUT2D eigenvalue weighted by Crippen LogP contribution is -2.30. The van der Waals surface area contributed by atoms with Gasteiger partial charge in [-0.05, 0) is 57.3 Å². The van der Waals surface area contributed by atoms with Gasteiger partial charge in [0.1, 0.15) is 6.10 Å². The van der Waals surface area contributed by atoms with Crippen LogP contribution in [0.15, 0.2) is 0 Å². The third-order valence-electron chi connectivity index (χ3n) is 9.76. The zero-order valence-electron chi connectivity index (χ0n) is 26.3. The largest absolute Gasteiger partial charge is 0.481 e. The molecule has 2 fully saturated rings. The van der Waals surface area contributed by atoms with Crippen molar-refractivity contribution in [2.75, 3.05) is 0 Å². The standard InChI is InChI=1S/C36H66O4/c37-35(38)31-25-19-13-7-12-18-24-30-34(32-26-20-14-8-3-1-4-9-15-21-27-32)36(39)40-33-28-22-16-10-5-2-6-11-17-23-29-33/h32-34H,1-31H2,(H,37,38). The van der Waals surface area contributed by atoms with Gasteiger partial charge in [-0.25, -0.2) is 0 Å². The van der Waals surface area contributed by atoms with E-state index in [9.17, 15) is 9.59 Å². The molecule has 40 heavy (non-hydrogen) atoms. The predicted molar refractivity (Wildman–Crippen MR) is 168 cm³/mol. The molecule has 4 nitrogen and oxygen atoms in total. The van der Waals surface area contributed by atoms with Crippen LogP contribution in [0.1, 0.15) is 199 Å². The van der Waals surface area contributed by atoms with Crippen molar-refractivity contribution in [1.29, 1.82) is 0 Å². The molecule has 0 aromatic heterocycles. The second-order valence-corrected chi connectivity index (χ2v) is 13.4. The Labute approximate surface area is 248 Å². The lowest BCUT2D eigenvalue weighted by Gasteiger charge is -2.29. The highest BCUT2D eigenvalue weighted by Crippen LogP contribution is 2.33. The Kier molecular flexibility index (Phi) is 21.5. The molecule has 0 heterocycles. The zero-order chi connectivity index (χ0) is 28.5. The summed E-state index contributed by atoms with van der Waals surface area (Å²) in [7, 11) is 0. The van der Waals surface area contributed by atoms with Crippen molar-refractivity contribution in [3.63, 3.8) is 0 Å². The number of carboxylic acid groups (broad SMARTS) is 1. The number of aliphatic carboxylic acids is 1. The maximum Gasteiger partial charge on any atom is 0.309 e. The van der Waals surface area contributed by atoms with E-state index in [1.165, 1.54) is 148 Å². The van der Waals surface area contributed by atoms with Crippen LogP contribution in [0.25, 0.3) is 0 Å². The summed E-state index contributed by atoms with van der Waals surface area (Å²) in [5.41, 5.74) is 0. The van der Waals surface area contributed by atoms with Crippen molar-refractivity contribution in [2.24, 2.45) is 11.8 Å². The number of rotatable bonds is 13. The van der Waals surface area contributed by atoms with Gasteiger partial charge in [0, 0.05) is 6.42 Å². The van der Waals surface area contributed by atoms with Crippen LogP contribution in [0.2, 0.25) is 0 Å². The number of unbranched alkanes of at least 4 members (excludes halogenated alkanes) is 6. The normalized spacial score (nSPS) is 21.2. The van der Waals surface area contributed by atoms with Crippen molar-refractivity contribution in [2.45, 2.75) is 205 Å². The van der Waals surface area contributed by atoms with Crippen molar-refractivity contribution in [1.82, 2.24) is 0 Å². The summed E-state index contributed by atoms with van der Waals surface area (Å²) in [6.45, 7) is 0. The van der Waals surface area contributed by atoms with E-state index < -0.39 is 5.97 Å². The first-order valence-electron chi connectivity index (χ1n) is 18.1. The Hall–Kier alpha value is -1.06. The molecule has 2 aliphatic rings. The molecule has 0 spiro atoms. The van der Waals surface area contributed by atoms with Gasteiger partial charge in [-0.2, -0.15) is 0 Å². The Balaban J connectivity index is 1.92. The molecule has 4 heteroatoms. The van der Waals surface area contributed by atoms with Crippen LogP contribution in [0.4, 0.5) is 0 Å². The van der Waals surface area contributed by atoms with E-state index in [1.807, 2.05) is 0 Å². The van der Waals surface area contributed by atoms with Gasteiger partial charge >= 0.3 is 11.9 Å². The number of carbonyl (C=O) groups excluding carboxylic acids is 1. The van der Waals surface area contributed by atoms with Gasteiger partial charge in [-0.3, -0.25) is 9.59 Å². The second-order valence-electron chi connectivity index (χ2n) is 13.4. The molecule has 0 bridgehead atoms. The fourth-order valence-electron chi connectivity index (χ4n) is 7.16. The van der Waals surface area contributed by atoms with Gasteiger partial charge in [-0.1, -0.05) is 141 Å².